The summed E-state index contributed by atoms with van der Waals surface area (Å²) in [6, 6.07) is 15.1. The summed E-state index contributed by atoms with van der Waals surface area (Å²) in [5, 5.41) is 12.5. The van der Waals surface area contributed by atoms with Gasteiger partial charge < -0.3 is 14.8 Å². The van der Waals surface area contributed by atoms with E-state index in [4.69, 9.17) is 21.1 Å². The SMILES string of the molecule is COc1cc(Cl)c(/C=C(/C#N)C(=O)NCCCc2ccccc2)cc1OC. The summed E-state index contributed by atoms with van der Waals surface area (Å²) in [6.45, 7) is 0.479. The number of nitrogens with one attached hydrogen (secondary N) is 1. The molecule has 0 aromatic heterocycles. The Morgan fingerprint density at radius 2 is 1.85 bits per heavy atom. The van der Waals surface area contributed by atoms with Gasteiger partial charge in [0.15, 0.2) is 11.5 Å². The number of aryl methyl sites for hydroxylation is 1. The van der Waals surface area contributed by atoms with Gasteiger partial charge in [0.25, 0.3) is 5.91 Å². The highest BCUT2D eigenvalue weighted by molar-refractivity contribution is 6.32. The van der Waals surface area contributed by atoms with E-state index >= 15 is 0 Å². The normalized spacial score (nSPS) is 10.8. The molecule has 2 aromatic carbocycles. The van der Waals surface area contributed by atoms with Gasteiger partial charge in [0.1, 0.15) is 11.6 Å². The lowest BCUT2D eigenvalue weighted by Gasteiger charge is -2.10. The number of hydrogen-bond acceptors (Lipinski definition) is 4. The van der Waals surface area contributed by atoms with Crippen LogP contribution in [-0.4, -0.2) is 26.7 Å². The molecular weight excluding hydrogens is 364 g/mol. The summed E-state index contributed by atoms with van der Waals surface area (Å²) < 4.78 is 10.4. The smallest absolute Gasteiger partial charge is 0.261 e. The molecule has 0 fully saturated rings. The summed E-state index contributed by atoms with van der Waals surface area (Å²) in [4.78, 5) is 12.3. The van der Waals surface area contributed by atoms with Gasteiger partial charge in [-0.15, -0.1) is 0 Å². The van der Waals surface area contributed by atoms with Crippen LogP contribution in [0, 0.1) is 11.3 Å². The van der Waals surface area contributed by atoms with Crippen LogP contribution in [0.4, 0.5) is 0 Å². The number of nitriles is 1. The van der Waals surface area contributed by atoms with Gasteiger partial charge in [0.05, 0.1) is 19.2 Å². The van der Waals surface area contributed by atoms with Crippen molar-refractivity contribution in [3.8, 4) is 17.6 Å². The van der Waals surface area contributed by atoms with Gasteiger partial charge >= 0.3 is 0 Å². The van der Waals surface area contributed by atoms with Gasteiger partial charge in [-0.3, -0.25) is 4.79 Å². The van der Waals surface area contributed by atoms with Crippen molar-refractivity contribution in [1.29, 1.82) is 5.26 Å². The van der Waals surface area contributed by atoms with Crippen molar-refractivity contribution >= 4 is 23.6 Å². The van der Waals surface area contributed by atoms with E-state index in [9.17, 15) is 10.1 Å². The molecule has 0 spiro atoms. The largest absolute Gasteiger partial charge is 0.493 e. The fourth-order valence-electron chi connectivity index (χ4n) is 2.52. The first-order valence-corrected chi connectivity index (χ1v) is 8.82. The molecule has 1 N–H and O–H groups in total. The first-order valence-electron chi connectivity index (χ1n) is 8.44. The van der Waals surface area contributed by atoms with Gasteiger partial charge in [-0.05, 0) is 36.1 Å². The lowest BCUT2D eigenvalue weighted by molar-refractivity contribution is -0.117. The first kappa shape index (κ1) is 20.3. The van der Waals surface area contributed by atoms with Crippen molar-refractivity contribution in [2.45, 2.75) is 12.8 Å². The van der Waals surface area contributed by atoms with Crippen molar-refractivity contribution in [1.82, 2.24) is 5.32 Å². The zero-order valence-electron chi connectivity index (χ0n) is 15.3. The molecule has 5 nitrogen and oxygen atoms in total. The van der Waals surface area contributed by atoms with E-state index in [0.717, 1.165) is 12.8 Å². The highest BCUT2D eigenvalue weighted by atomic mass is 35.5. The van der Waals surface area contributed by atoms with Crippen LogP contribution in [0.5, 0.6) is 11.5 Å². The number of ether oxygens (including phenoxy) is 2. The van der Waals surface area contributed by atoms with E-state index in [2.05, 4.69) is 5.32 Å². The molecule has 1 amide bonds. The Kier molecular flexibility index (Phi) is 7.72. The third kappa shape index (κ3) is 5.77. The quantitative estimate of drug-likeness (QED) is 0.424. The number of benzene rings is 2. The Labute approximate surface area is 164 Å². The third-order valence-electron chi connectivity index (χ3n) is 3.94. The van der Waals surface area contributed by atoms with Crippen molar-refractivity contribution < 1.29 is 14.3 Å². The molecule has 0 saturated heterocycles. The summed E-state index contributed by atoms with van der Waals surface area (Å²) in [5.41, 5.74) is 1.69. The number of rotatable bonds is 8. The van der Waals surface area contributed by atoms with Gasteiger partial charge in [0.2, 0.25) is 0 Å². The van der Waals surface area contributed by atoms with E-state index in [-0.39, 0.29) is 5.57 Å². The lowest BCUT2D eigenvalue weighted by Crippen LogP contribution is -2.25. The molecule has 27 heavy (non-hydrogen) atoms. The van der Waals surface area contributed by atoms with Crippen LogP contribution < -0.4 is 14.8 Å². The maximum atomic E-state index is 12.3. The molecule has 140 valence electrons. The zero-order chi connectivity index (χ0) is 19.6. The second-order valence-corrected chi connectivity index (χ2v) is 6.15. The van der Waals surface area contributed by atoms with Crippen LogP contribution in [0.15, 0.2) is 48.0 Å². The minimum atomic E-state index is -0.434. The molecule has 2 aromatic rings. The zero-order valence-corrected chi connectivity index (χ0v) is 16.0. The molecule has 0 bridgehead atoms. The molecule has 0 atom stereocenters. The van der Waals surface area contributed by atoms with Crippen LogP contribution in [0.3, 0.4) is 0 Å². The summed E-state index contributed by atoms with van der Waals surface area (Å²) in [5.74, 6) is 0.508. The summed E-state index contributed by atoms with van der Waals surface area (Å²) in [6.07, 6.45) is 3.08. The third-order valence-corrected chi connectivity index (χ3v) is 4.27. The number of hydrogen-bond donors (Lipinski definition) is 1. The first-order chi connectivity index (χ1) is 13.1. The van der Waals surface area contributed by atoms with E-state index in [1.165, 1.54) is 25.9 Å². The molecular formula is C21H21ClN2O3. The average Bonchev–Trinajstić information content (AvgIpc) is 2.70. The molecule has 0 heterocycles. The van der Waals surface area contributed by atoms with Crippen molar-refractivity contribution in [3.05, 3.63) is 64.2 Å². The number of halogens is 1. The van der Waals surface area contributed by atoms with E-state index in [1.807, 2.05) is 36.4 Å². The standard InChI is InChI=1S/C21H21ClN2O3/c1-26-19-12-16(18(22)13-20(19)27-2)11-17(14-23)21(25)24-10-6-9-15-7-4-3-5-8-15/h3-5,7-8,11-13H,6,9-10H2,1-2H3,(H,24,25)/b17-11-. The highest BCUT2D eigenvalue weighted by Gasteiger charge is 2.13. The van der Waals surface area contributed by atoms with Crippen molar-refractivity contribution in [2.75, 3.05) is 20.8 Å². The molecule has 0 radical (unpaired) electrons. The number of carbonyl (C=O) groups is 1. The topological polar surface area (TPSA) is 71.3 Å². The van der Waals surface area contributed by atoms with E-state index in [1.54, 1.807) is 12.1 Å². The average molecular weight is 385 g/mol. The Hall–Kier alpha value is -2.97. The number of nitrogens with zero attached hydrogens (tertiary/aromatic N) is 1. The molecule has 0 unspecified atom stereocenters. The van der Waals surface area contributed by atoms with Crippen LogP contribution in [0.25, 0.3) is 6.08 Å². The van der Waals surface area contributed by atoms with Crippen LogP contribution >= 0.6 is 11.6 Å². The van der Waals surface area contributed by atoms with Crippen LogP contribution in [-0.2, 0) is 11.2 Å². The predicted octanol–water partition coefficient (Wildman–Crippen LogP) is 4.01. The Bertz CT molecular complexity index is 858. The second-order valence-electron chi connectivity index (χ2n) is 5.74. The molecule has 6 heteroatoms. The number of methoxy groups -OCH3 is 2. The Morgan fingerprint density at radius 1 is 1.19 bits per heavy atom. The molecule has 0 aliphatic rings. The number of carbonyl (C=O) groups excluding carboxylic acids is 1. The maximum Gasteiger partial charge on any atom is 0.261 e. The highest BCUT2D eigenvalue weighted by Crippen LogP contribution is 2.34. The Morgan fingerprint density at radius 3 is 2.48 bits per heavy atom. The van der Waals surface area contributed by atoms with Gasteiger partial charge in [-0.1, -0.05) is 41.9 Å². The minimum Gasteiger partial charge on any atom is -0.493 e. The number of amides is 1. The maximum absolute atomic E-state index is 12.3. The van der Waals surface area contributed by atoms with Gasteiger partial charge in [-0.25, -0.2) is 0 Å². The molecule has 0 aliphatic heterocycles. The minimum absolute atomic E-state index is 0.0242. The van der Waals surface area contributed by atoms with E-state index in [0.29, 0.717) is 28.6 Å². The fraction of sp³-hybridized carbons (Fsp3) is 0.238. The van der Waals surface area contributed by atoms with Crippen LogP contribution in [0.2, 0.25) is 5.02 Å². The summed E-state index contributed by atoms with van der Waals surface area (Å²) in [7, 11) is 3.01. The predicted molar refractivity (Wildman–Crippen MR) is 106 cm³/mol. The summed E-state index contributed by atoms with van der Waals surface area (Å²) >= 11 is 6.22. The molecule has 0 saturated carbocycles. The van der Waals surface area contributed by atoms with Crippen LogP contribution in [0.1, 0.15) is 17.5 Å². The monoisotopic (exact) mass is 384 g/mol. The van der Waals surface area contributed by atoms with E-state index < -0.39 is 5.91 Å². The molecule has 2 rings (SSSR count). The van der Waals surface area contributed by atoms with Gasteiger partial charge in [0, 0.05) is 12.6 Å². The fourth-order valence-corrected chi connectivity index (χ4v) is 2.73. The van der Waals surface area contributed by atoms with Crippen molar-refractivity contribution in [2.24, 2.45) is 0 Å². The molecule has 0 aliphatic carbocycles. The van der Waals surface area contributed by atoms with Gasteiger partial charge in [-0.2, -0.15) is 5.26 Å². The lowest BCUT2D eigenvalue weighted by atomic mass is 10.1. The van der Waals surface area contributed by atoms with Crippen molar-refractivity contribution in [3.63, 3.8) is 0 Å². The Balaban J connectivity index is 2.02. The second kappa shape index (κ2) is 10.2.